The molecule has 1 aromatic heterocycles. The molecule has 154 valence electrons. The van der Waals surface area contributed by atoms with Gasteiger partial charge in [0, 0.05) is 18.0 Å². The van der Waals surface area contributed by atoms with Crippen LogP contribution in [0.15, 0.2) is 66.0 Å². The van der Waals surface area contributed by atoms with Crippen LogP contribution in [0.3, 0.4) is 0 Å². The molecule has 2 heterocycles. The van der Waals surface area contributed by atoms with Crippen LogP contribution in [0.1, 0.15) is 17.5 Å². The van der Waals surface area contributed by atoms with Gasteiger partial charge in [-0.05, 0) is 53.1 Å². The predicted octanol–water partition coefficient (Wildman–Crippen LogP) is 4.04. The van der Waals surface area contributed by atoms with Gasteiger partial charge in [-0.3, -0.25) is 9.59 Å². The van der Waals surface area contributed by atoms with Gasteiger partial charge in [-0.2, -0.15) is 0 Å². The Morgan fingerprint density at radius 1 is 1.07 bits per heavy atom. The number of benzene rings is 2. The maximum atomic E-state index is 13.4. The van der Waals surface area contributed by atoms with Crippen LogP contribution in [0.2, 0.25) is 0 Å². The summed E-state index contributed by atoms with van der Waals surface area (Å²) in [4.78, 5) is 28.0. The number of hydrogen-bond donors (Lipinski definition) is 1. The molecule has 0 spiro atoms. The van der Waals surface area contributed by atoms with E-state index in [1.165, 1.54) is 17.0 Å². The monoisotopic (exact) mass is 422 g/mol. The molecule has 0 unspecified atom stereocenters. The van der Waals surface area contributed by atoms with Crippen molar-refractivity contribution in [2.75, 3.05) is 13.1 Å². The van der Waals surface area contributed by atoms with Crippen molar-refractivity contribution in [3.63, 3.8) is 0 Å². The molecule has 1 saturated heterocycles. The number of primary amides is 1. The van der Waals surface area contributed by atoms with Gasteiger partial charge in [-0.1, -0.05) is 42.5 Å². The maximum absolute atomic E-state index is 13.4. The summed E-state index contributed by atoms with van der Waals surface area (Å²) in [5.74, 6) is -0.861. The highest BCUT2D eigenvalue weighted by Crippen LogP contribution is 2.36. The molecule has 2 N–H and O–H groups in total. The molecule has 2 amide bonds. The highest BCUT2D eigenvalue weighted by atomic mass is 32.1. The van der Waals surface area contributed by atoms with Crippen LogP contribution >= 0.6 is 11.3 Å². The minimum absolute atomic E-state index is 0.112. The summed E-state index contributed by atoms with van der Waals surface area (Å²) < 4.78 is 13.4. The quantitative estimate of drug-likeness (QED) is 0.652. The van der Waals surface area contributed by atoms with Crippen molar-refractivity contribution in [2.45, 2.75) is 19.3 Å². The van der Waals surface area contributed by atoms with Crippen molar-refractivity contribution in [1.82, 2.24) is 4.90 Å². The van der Waals surface area contributed by atoms with Gasteiger partial charge < -0.3 is 10.6 Å². The number of rotatable bonds is 6. The summed E-state index contributed by atoms with van der Waals surface area (Å²) in [6, 6.07) is 18.2. The Bertz CT molecular complexity index is 1070. The minimum Gasteiger partial charge on any atom is -0.369 e. The normalized spacial score (nSPS) is 18.5. The number of nitrogens with two attached hydrogens (primary N) is 1. The van der Waals surface area contributed by atoms with Crippen molar-refractivity contribution in [2.24, 2.45) is 11.1 Å². The Labute approximate surface area is 179 Å². The molecule has 4 nitrogen and oxygen atoms in total. The molecule has 1 aliphatic rings. The number of hydrogen-bond acceptors (Lipinski definition) is 3. The van der Waals surface area contributed by atoms with Crippen molar-refractivity contribution < 1.29 is 14.0 Å². The molecule has 0 aliphatic carbocycles. The molecule has 30 heavy (non-hydrogen) atoms. The first-order valence-corrected chi connectivity index (χ1v) is 10.8. The molecule has 6 heteroatoms. The van der Waals surface area contributed by atoms with E-state index in [1.54, 1.807) is 28.4 Å². The van der Waals surface area contributed by atoms with E-state index in [1.807, 2.05) is 23.6 Å². The largest absolute Gasteiger partial charge is 0.369 e. The van der Waals surface area contributed by atoms with Gasteiger partial charge in [-0.15, -0.1) is 11.3 Å². The van der Waals surface area contributed by atoms with E-state index in [0.717, 1.165) is 11.1 Å². The van der Waals surface area contributed by atoms with Gasteiger partial charge in [0.05, 0.1) is 11.8 Å². The van der Waals surface area contributed by atoms with Crippen molar-refractivity contribution in [3.05, 3.63) is 83.0 Å². The number of nitrogens with zero attached hydrogens (tertiary/aromatic N) is 1. The number of thiophene rings is 1. The average Bonchev–Trinajstić information content (AvgIpc) is 3.39. The number of carbonyl (C=O) groups excluding carboxylic acids is 2. The van der Waals surface area contributed by atoms with Crippen LogP contribution in [0.25, 0.3) is 10.4 Å². The van der Waals surface area contributed by atoms with E-state index in [4.69, 9.17) is 5.73 Å². The lowest BCUT2D eigenvalue weighted by molar-refractivity contribution is -0.131. The molecule has 0 saturated carbocycles. The molecule has 2 aromatic carbocycles. The first-order chi connectivity index (χ1) is 14.4. The fourth-order valence-electron chi connectivity index (χ4n) is 4.12. The van der Waals surface area contributed by atoms with Crippen molar-refractivity contribution in [1.29, 1.82) is 0 Å². The summed E-state index contributed by atoms with van der Waals surface area (Å²) in [7, 11) is 0. The molecule has 3 aromatic rings. The predicted molar refractivity (Wildman–Crippen MR) is 116 cm³/mol. The van der Waals surface area contributed by atoms with Gasteiger partial charge in [0.1, 0.15) is 5.82 Å². The minimum atomic E-state index is -0.786. The maximum Gasteiger partial charge on any atom is 0.227 e. The Balaban J connectivity index is 1.50. The third kappa shape index (κ3) is 4.28. The van der Waals surface area contributed by atoms with Crippen LogP contribution in [0.4, 0.5) is 4.39 Å². The summed E-state index contributed by atoms with van der Waals surface area (Å²) in [5.41, 5.74) is 7.80. The smallest absolute Gasteiger partial charge is 0.227 e. The zero-order valence-corrected chi connectivity index (χ0v) is 17.3. The number of carbonyl (C=O) groups is 2. The second-order valence-electron chi connectivity index (χ2n) is 7.87. The van der Waals surface area contributed by atoms with Crippen molar-refractivity contribution in [3.8, 4) is 10.4 Å². The second kappa shape index (κ2) is 8.40. The van der Waals surface area contributed by atoms with Gasteiger partial charge in [0.15, 0.2) is 0 Å². The number of likely N-dealkylation sites (tertiary alicyclic amines) is 1. The number of amides is 2. The van der Waals surface area contributed by atoms with Gasteiger partial charge in [-0.25, -0.2) is 4.39 Å². The first-order valence-electron chi connectivity index (χ1n) is 9.90. The van der Waals surface area contributed by atoms with E-state index >= 15 is 0 Å². The zero-order chi connectivity index (χ0) is 21.1. The topological polar surface area (TPSA) is 63.4 Å². The Kier molecular flexibility index (Phi) is 5.68. The van der Waals surface area contributed by atoms with E-state index in [9.17, 15) is 14.0 Å². The second-order valence-corrected chi connectivity index (χ2v) is 8.82. The van der Waals surface area contributed by atoms with Crippen LogP contribution in [0.5, 0.6) is 0 Å². The standard InChI is InChI=1S/C24H23FN2O2S/c25-20-7-2-4-17(13-20)14-22(28)27-10-9-24(16-27,23(26)29)15-18-5-1-6-19(12-18)21-8-3-11-30-21/h1-8,11-13H,9-10,14-16H2,(H2,26,29)/t24-/m0/s1. The highest BCUT2D eigenvalue weighted by molar-refractivity contribution is 7.13. The lowest BCUT2D eigenvalue weighted by Gasteiger charge is -2.26. The average molecular weight is 423 g/mol. The fourth-order valence-corrected chi connectivity index (χ4v) is 4.84. The van der Waals surface area contributed by atoms with E-state index in [0.29, 0.717) is 31.5 Å². The molecule has 0 bridgehead atoms. The van der Waals surface area contributed by atoms with E-state index in [-0.39, 0.29) is 24.1 Å². The summed E-state index contributed by atoms with van der Waals surface area (Å²) >= 11 is 1.67. The molecule has 0 radical (unpaired) electrons. The van der Waals surface area contributed by atoms with Crippen molar-refractivity contribution >= 4 is 23.2 Å². The lowest BCUT2D eigenvalue weighted by Crippen LogP contribution is -2.42. The first kappa shape index (κ1) is 20.3. The molecule has 1 atom stereocenters. The number of halogens is 1. The van der Waals surface area contributed by atoms with Crippen LogP contribution in [0, 0.1) is 11.2 Å². The third-order valence-corrected chi connectivity index (χ3v) is 6.67. The van der Waals surface area contributed by atoms with Crippen LogP contribution in [-0.2, 0) is 22.4 Å². The van der Waals surface area contributed by atoms with Gasteiger partial charge in [0.25, 0.3) is 0 Å². The Hall–Kier alpha value is -2.99. The van der Waals surface area contributed by atoms with Crippen LogP contribution < -0.4 is 5.73 Å². The highest BCUT2D eigenvalue weighted by Gasteiger charge is 2.44. The molecular weight excluding hydrogens is 399 g/mol. The summed E-state index contributed by atoms with van der Waals surface area (Å²) in [6.07, 6.45) is 1.13. The third-order valence-electron chi connectivity index (χ3n) is 5.75. The Morgan fingerprint density at radius 3 is 2.60 bits per heavy atom. The van der Waals surface area contributed by atoms with E-state index in [2.05, 4.69) is 18.2 Å². The molecule has 1 aliphatic heterocycles. The molecular formula is C24H23FN2O2S. The molecule has 1 fully saturated rings. The SMILES string of the molecule is NC(=O)[C@]1(Cc2cccc(-c3cccs3)c2)CCN(C(=O)Cc2cccc(F)c2)C1. The van der Waals surface area contributed by atoms with E-state index < -0.39 is 5.41 Å². The fraction of sp³-hybridized carbons (Fsp3) is 0.250. The summed E-state index contributed by atoms with van der Waals surface area (Å²) in [5, 5.41) is 2.03. The zero-order valence-electron chi connectivity index (χ0n) is 16.5. The lowest BCUT2D eigenvalue weighted by atomic mass is 9.80. The van der Waals surface area contributed by atoms with Gasteiger partial charge >= 0.3 is 0 Å². The van der Waals surface area contributed by atoms with Gasteiger partial charge in [0.2, 0.25) is 11.8 Å². The summed E-state index contributed by atoms with van der Waals surface area (Å²) in [6.45, 7) is 0.765. The molecule has 4 rings (SSSR count). The Morgan fingerprint density at radius 2 is 1.87 bits per heavy atom. The van der Waals surface area contributed by atoms with Crippen LogP contribution in [-0.4, -0.2) is 29.8 Å².